The second-order valence-corrected chi connectivity index (χ2v) is 5.87. The zero-order valence-electron chi connectivity index (χ0n) is 11.9. The van der Waals surface area contributed by atoms with Crippen molar-refractivity contribution in [3.8, 4) is 0 Å². The molecule has 0 unspecified atom stereocenters. The molecule has 98 valence electrons. The summed E-state index contributed by atoms with van der Waals surface area (Å²) in [5.74, 6) is 0. The normalized spacial score (nSPS) is 12.0. The SMILES string of the molecule is Cc1ccc2c3cccc4cccc(c5cccc1c52)c43. The summed E-state index contributed by atoms with van der Waals surface area (Å²) < 4.78 is 0. The third-order valence-corrected chi connectivity index (χ3v) is 4.74. The van der Waals surface area contributed by atoms with Gasteiger partial charge in [0.25, 0.3) is 0 Å². The Morgan fingerprint density at radius 3 is 1.71 bits per heavy atom. The van der Waals surface area contributed by atoms with Crippen LogP contribution in [0.1, 0.15) is 5.56 Å². The number of hydrogen-bond acceptors (Lipinski definition) is 0. The average Bonchev–Trinajstić information content (AvgIpc) is 2.54. The maximum absolute atomic E-state index is 2.28. The molecule has 0 aliphatic carbocycles. The Bertz CT molecular complexity index is 1080. The van der Waals surface area contributed by atoms with Gasteiger partial charge in [0, 0.05) is 0 Å². The first-order chi connectivity index (χ1) is 10.3. The van der Waals surface area contributed by atoms with Crippen LogP contribution >= 0.6 is 0 Å². The summed E-state index contributed by atoms with van der Waals surface area (Å²) in [4.78, 5) is 0. The van der Waals surface area contributed by atoms with Gasteiger partial charge in [-0.05, 0) is 55.6 Å². The van der Waals surface area contributed by atoms with E-state index in [1.807, 2.05) is 0 Å². The highest BCUT2D eigenvalue weighted by Crippen LogP contribution is 2.40. The van der Waals surface area contributed by atoms with Crippen LogP contribution in [-0.2, 0) is 0 Å². The second-order valence-electron chi connectivity index (χ2n) is 5.87. The maximum Gasteiger partial charge on any atom is -0.00237 e. The smallest absolute Gasteiger partial charge is 0.00237 e. The molecule has 0 nitrogen and oxygen atoms in total. The van der Waals surface area contributed by atoms with E-state index in [9.17, 15) is 0 Å². The minimum Gasteiger partial charge on any atom is -0.0610 e. The molecular weight excluding hydrogens is 252 g/mol. The lowest BCUT2D eigenvalue weighted by molar-refractivity contribution is 1.55. The first kappa shape index (κ1) is 11.1. The molecule has 0 aliphatic heterocycles. The van der Waals surface area contributed by atoms with Crippen molar-refractivity contribution in [3.63, 3.8) is 0 Å². The summed E-state index contributed by atoms with van der Waals surface area (Å²) in [6.45, 7) is 2.20. The van der Waals surface area contributed by atoms with Crippen LogP contribution in [0.25, 0.3) is 43.1 Å². The van der Waals surface area contributed by atoms with E-state index in [1.165, 1.54) is 48.7 Å². The maximum atomic E-state index is 2.28. The van der Waals surface area contributed by atoms with E-state index in [4.69, 9.17) is 0 Å². The van der Waals surface area contributed by atoms with Gasteiger partial charge in [-0.2, -0.15) is 0 Å². The van der Waals surface area contributed by atoms with Gasteiger partial charge in [0.2, 0.25) is 0 Å². The van der Waals surface area contributed by atoms with Crippen LogP contribution in [0.3, 0.4) is 0 Å². The van der Waals surface area contributed by atoms with Crippen molar-refractivity contribution < 1.29 is 0 Å². The van der Waals surface area contributed by atoms with Gasteiger partial charge in [-0.3, -0.25) is 0 Å². The van der Waals surface area contributed by atoms with Crippen LogP contribution in [-0.4, -0.2) is 0 Å². The number of fused-ring (bicyclic) bond motifs is 2. The monoisotopic (exact) mass is 266 g/mol. The molecule has 0 heterocycles. The molecule has 0 atom stereocenters. The topological polar surface area (TPSA) is 0 Å². The fourth-order valence-electron chi connectivity index (χ4n) is 3.79. The lowest BCUT2D eigenvalue weighted by Crippen LogP contribution is -1.87. The Morgan fingerprint density at radius 2 is 1.00 bits per heavy atom. The van der Waals surface area contributed by atoms with Crippen molar-refractivity contribution in [3.05, 3.63) is 72.3 Å². The molecule has 0 amide bonds. The van der Waals surface area contributed by atoms with Crippen molar-refractivity contribution in [2.24, 2.45) is 0 Å². The third-order valence-electron chi connectivity index (χ3n) is 4.74. The van der Waals surface area contributed by atoms with E-state index < -0.39 is 0 Å². The molecular formula is C21H14. The van der Waals surface area contributed by atoms with Crippen LogP contribution in [0, 0.1) is 6.92 Å². The molecule has 0 saturated heterocycles. The van der Waals surface area contributed by atoms with E-state index in [-0.39, 0.29) is 0 Å². The Morgan fingerprint density at radius 1 is 0.476 bits per heavy atom. The predicted molar refractivity (Wildman–Crippen MR) is 92.4 cm³/mol. The van der Waals surface area contributed by atoms with Gasteiger partial charge in [-0.15, -0.1) is 0 Å². The van der Waals surface area contributed by atoms with E-state index >= 15 is 0 Å². The molecule has 0 aromatic heterocycles. The molecule has 0 N–H and O–H groups in total. The summed E-state index contributed by atoms with van der Waals surface area (Å²) in [6, 6.07) is 24.5. The van der Waals surface area contributed by atoms with Gasteiger partial charge in [0.1, 0.15) is 0 Å². The number of hydrogen-bond donors (Lipinski definition) is 0. The molecule has 5 rings (SSSR count). The zero-order valence-corrected chi connectivity index (χ0v) is 11.9. The summed E-state index contributed by atoms with van der Waals surface area (Å²) >= 11 is 0. The quantitative estimate of drug-likeness (QED) is 0.236. The van der Waals surface area contributed by atoms with Gasteiger partial charge in [0.15, 0.2) is 0 Å². The largest absolute Gasteiger partial charge is 0.0610 e. The molecule has 5 aromatic rings. The highest BCUT2D eigenvalue weighted by atomic mass is 14.2. The van der Waals surface area contributed by atoms with Crippen LogP contribution in [0.5, 0.6) is 0 Å². The Kier molecular flexibility index (Phi) is 1.97. The molecule has 0 spiro atoms. The Balaban J connectivity index is 2.29. The third kappa shape index (κ3) is 1.30. The molecule has 0 saturated carbocycles. The fraction of sp³-hybridized carbons (Fsp3) is 0.0476. The van der Waals surface area contributed by atoms with Crippen molar-refractivity contribution in [1.82, 2.24) is 0 Å². The van der Waals surface area contributed by atoms with E-state index in [0.29, 0.717) is 0 Å². The molecule has 0 aliphatic rings. The highest BCUT2D eigenvalue weighted by molar-refractivity contribution is 6.33. The highest BCUT2D eigenvalue weighted by Gasteiger charge is 2.12. The number of rotatable bonds is 0. The molecule has 21 heavy (non-hydrogen) atoms. The Hall–Kier alpha value is -2.60. The van der Waals surface area contributed by atoms with Gasteiger partial charge < -0.3 is 0 Å². The van der Waals surface area contributed by atoms with Crippen molar-refractivity contribution >= 4 is 43.1 Å². The lowest BCUT2D eigenvalue weighted by atomic mass is 9.89. The number of aryl methyl sites for hydroxylation is 1. The predicted octanol–water partition coefficient (Wildman–Crippen LogP) is 6.05. The lowest BCUT2D eigenvalue weighted by Gasteiger charge is -2.15. The summed E-state index contributed by atoms with van der Waals surface area (Å²) in [6.07, 6.45) is 0. The van der Waals surface area contributed by atoms with Crippen molar-refractivity contribution in [1.29, 1.82) is 0 Å². The first-order valence-corrected chi connectivity index (χ1v) is 7.39. The molecule has 0 fully saturated rings. The van der Waals surface area contributed by atoms with Gasteiger partial charge in [0.05, 0.1) is 0 Å². The fourth-order valence-corrected chi connectivity index (χ4v) is 3.79. The van der Waals surface area contributed by atoms with Gasteiger partial charge in [-0.1, -0.05) is 66.7 Å². The van der Waals surface area contributed by atoms with Crippen LogP contribution in [0.15, 0.2) is 66.7 Å². The van der Waals surface area contributed by atoms with Gasteiger partial charge >= 0.3 is 0 Å². The van der Waals surface area contributed by atoms with E-state index in [2.05, 4.69) is 73.7 Å². The molecule has 0 radical (unpaired) electrons. The molecule has 0 bridgehead atoms. The van der Waals surface area contributed by atoms with Crippen molar-refractivity contribution in [2.75, 3.05) is 0 Å². The molecule has 5 aromatic carbocycles. The van der Waals surface area contributed by atoms with Crippen LogP contribution in [0.2, 0.25) is 0 Å². The van der Waals surface area contributed by atoms with Crippen LogP contribution < -0.4 is 0 Å². The minimum atomic E-state index is 1.33. The standard InChI is InChI=1S/C21H14/c1-13-11-12-19-17-9-3-6-14-5-2-8-16(20(14)17)18-10-4-7-15(13)21(18)19/h2-12H,1H3. The van der Waals surface area contributed by atoms with E-state index in [0.717, 1.165) is 0 Å². The first-order valence-electron chi connectivity index (χ1n) is 7.39. The van der Waals surface area contributed by atoms with Crippen molar-refractivity contribution in [2.45, 2.75) is 6.92 Å². The minimum absolute atomic E-state index is 1.33. The average molecular weight is 266 g/mol. The number of benzene rings is 5. The molecule has 0 heteroatoms. The Labute approximate surface area is 123 Å². The summed E-state index contributed by atoms with van der Waals surface area (Å²) in [7, 11) is 0. The second kappa shape index (κ2) is 3.73. The summed E-state index contributed by atoms with van der Waals surface area (Å²) in [5.41, 5.74) is 1.35. The van der Waals surface area contributed by atoms with Gasteiger partial charge in [-0.25, -0.2) is 0 Å². The zero-order chi connectivity index (χ0) is 14.0. The summed E-state index contributed by atoms with van der Waals surface area (Å²) in [5, 5.41) is 11.0. The van der Waals surface area contributed by atoms with Crippen LogP contribution in [0.4, 0.5) is 0 Å². The van der Waals surface area contributed by atoms with E-state index in [1.54, 1.807) is 0 Å².